The molecule has 0 atom stereocenters. The van der Waals surface area contributed by atoms with Gasteiger partial charge in [-0.25, -0.2) is 9.59 Å². The summed E-state index contributed by atoms with van der Waals surface area (Å²) in [4.78, 5) is 22.5. The van der Waals surface area contributed by atoms with Crippen LogP contribution in [0.4, 0.5) is 10.5 Å². The number of hydrogen-bond acceptors (Lipinski definition) is 3. The molecule has 120 valence electrons. The summed E-state index contributed by atoms with van der Waals surface area (Å²) >= 11 is 0. The van der Waals surface area contributed by atoms with Gasteiger partial charge < -0.3 is 20.8 Å². The van der Waals surface area contributed by atoms with Crippen molar-refractivity contribution < 1.29 is 19.8 Å². The number of carboxylic acids is 1. The summed E-state index contributed by atoms with van der Waals surface area (Å²) in [6.07, 6.45) is 0.812. The van der Waals surface area contributed by atoms with E-state index >= 15 is 0 Å². The number of carbonyl (C=O) groups excluding carboxylic acids is 1. The Morgan fingerprint density at radius 3 is 2.52 bits per heavy atom. The van der Waals surface area contributed by atoms with Gasteiger partial charge in [-0.15, -0.1) is 0 Å². The van der Waals surface area contributed by atoms with Crippen LogP contribution in [0.5, 0.6) is 5.75 Å². The molecule has 0 saturated heterocycles. The van der Waals surface area contributed by atoms with Gasteiger partial charge in [0.25, 0.3) is 0 Å². The van der Waals surface area contributed by atoms with Crippen molar-refractivity contribution in [3.8, 4) is 5.75 Å². The number of carboxylic acid groups (broad SMARTS) is 1. The standard InChI is InChI=1S/C17H18N2O4/c1-11(16(21)22)5-4-10-18-17(23)19-14-8-2-7-13-12(14)6-3-9-15(13)20/h2-3,6-9,20H,1,4-5,10H2,(H,21,22)(H2,18,19,23). The lowest BCUT2D eigenvalue weighted by atomic mass is 10.1. The minimum absolute atomic E-state index is 0.122. The first-order chi connectivity index (χ1) is 11.0. The third-order valence-electron chi connectivity index (χ3n) is 3.39. The second-order valence-electron chi connectivity index (χ2n) is 5.07. The summed E-state index contributed by atoms with van der Waals surface area (Å²) in [7, 11) is 0. The monoisotopic (exact) mass is 314 g/mol. The highest BCUT2D eigenvalue weighted by molar-refractivity contribution is 6.03. The summed E-state index contributed by atoms with van der Waals surface area (Å²) < 4.78 is 0. The van der Waals surface area contributed by atoms with Crippen molar-refractivity contribution in [2.24, 2.45) is 0 Å². The number of amides is 2. The third kappa shape index (κ3) is 4.23. The van der Waals surface area contributed by atoms with Crippen LogP contribution in [-0.4, -0.2) is 28.8 Å². The van der Waals surface area contributed by atoms with E-state index in [0.717, 1.165) is 5.39 Å². The fourth-order valence-electron chi connectivity index (χ4n) is 2.18. The van der Waals surface area contributed by atoms with E-state index in [2.05, 4.69) is 17.2 Å². The van der Waals surface area contributed by atoms with E-state index in [-0.39, 0.29) is 17.4 Å². The van der Waals surface area contributed by atoms with Crippen LogP contribution in [0.15, 0.2) is 48.6 Å². The summed E-state index contributed by atoms with van der Waals surface area (Å²) in [5.41, 5.74) is 0.711. The molecular weight excluding hydrogens is 296 g/mol. The molecule has 0 aliphatic heterocycles. The Hall–Kier alpha value is -3.02. The third-order valence-corrected chi connectivity index (χ3v) is 3.39. The average Bonchev–Trinajstić information content (AvgIpc) is 2.52. The number of anilines is 1. The minimum Gasteiger partial charge on any atom is -0.507 e. The highest BCUT2D eigenvalue weighted by Gasteiger charge is 2.08. The SMILES string of the molecule is C=C(CCCNC(=O)Nc1cccc2c(O)cccc12)C(=O)O. The number of urea groups is 1. The van der Waals surface area contributed by atoms with E-state index in [1.165, 1.54) is 0 Å². The number of carbonyl (C=O) groups is 2. The molecule has 0 aliphatic carbocycles. The first kappa shape index (κ1) is 16.4. The smallest absolute Gasteiger partial charge is 0.330 e. The largest absolute Gasteiger partial charge is 0.507 e. The predicted octanol–water partition coefficient (Wildman–Crippen LogP) is 3.09. The van der Waals surface area contributed by atoms with E-state index in [9.17, 15) is 14.7 Å². The van der Waals surface area contributed by atoms with Crippen LogP contribution in [0.3, 0.4) is 0 Å². The summed E-state index contributed by atoms with van der Waals surface area (Å²) in [5, 5.41) is 25.3. The molecule has 0 unspecified atom stereocenters. The second kappa shape index (κ2) is 7.31. The molecule has 0 aromatic heterocycles. The van der Waals surface area contributed by atoms with Crippen molar-refractivity contribution in [3.63, 3.8) is 0 Å². The molecule has 0 heterocycles. The molecule has 4 N–H and O–H groups in total. The second-order valence-corrected chi connectivity index (χ2v) is 5.07. The van der Waals surface area contributed by atoms with Crippen molar-refractivity contribution in [3.05, 3.63) is 48.6 Å². The van der Waals surface area contributed by atoms with Crippen LogP contribution in [0, 0.1) is 0 Å². The van der Waals surface area contributed by atoms with Gasteiger partial charge in [0.05, 0.1) is 5.69 Å². The van der Waals surface area contributed by atoms with Gasteiger partial charge in [0.2, 0.25) is 0 Å². The Morgan fingerprint density at radius 1 is 1.09 bits per heavy atom. The van der Waals surface area contributed by atoms with E-state index in [0.29, 0.717) is 30.5 Å². The number of aliphatic carboxylic acids is 1. The van der Waals surface area contributed by atoms with E-state index in [1.54, 1.807) is 30.3 Å². The van der Waals surface area contributed by atoms with Crippen LogP contribution in [0.2, 0.25) is 0 Å². The number of aromatic hydroxyl groups is 1. The van der Waals surface area contributed by atoms with Gasteiger partial charge in [0, 0.05) is 22.9 Å². The first-order valence-corrected chi connectivity index (χ1v) is 7.15. The molecule has 6 nitrogen and oxygen atoms in total. The molecule has 2 rings (SSSR count). The quantitative estimate of drug-likeness (QED) is 0.486. The normalized spacial score (nSPS) is 10.3. The number of phenolic OH excluding ortho intramolecular Hbond substituents is 1. The zero-order chi connectivity index (χ0) is 16.8. The van der Waals surface area contributed by atoms with Crippen LogP contribution >= 0.6 is 0 Å². The maximum absolute atomic E-state index is 11.9. The number of benzene rings is 2. The Kier molecular flexibility index (Phi) is 5.19. The zero-order valence-corrected chi connectivity index (χ0v) is 12.5. The molecule has 23 heavy (non-hydrogen) atoms. The van der Waals surface area contributed by atoms with Gasteiger partial charge in [-0.2, -0.15) is 0 Å². The van der Waals surface area contributed by atoms with E-state index in [4.69, 9.17) is 5.11 Å². The molecule has 0 radical (unpaired) electrons. The van der Waals surface area contributed by atoms with Gasteiger partial charge in [-0.05, 0) is 25.0 Å². The first-order valence-electron chi connectivity index (χ1n) is 7.15. The number of phenols is 1. The van der Waals surface area contributed by atoms with Gasteiger partial charge in [0.15, 0.2) is 0 Å². The summed E-state index contributed by atoms with van der Waals surface area (Å²) in [5.74, 6) is -0.872. The lowest BCUT2D eigenvalue weighted by Crippen LogP contribution is -2.29. The van der Waals surface area contributed by atoms with Gasteiger partial charge in [0.1, 0.15) is 5.75 Å². The topological polar surface area (TPSA) is 98.7 Å². The molecule has 6 heteroatoms. The molecule has 0 saturated carbocycles. The van der Waals surface area contributed by atoms with E-state index < -0.39 is 5.97 Å². The Morgan fingerprint density at radius 2 is 1.78 bits per heavy atom. The van der Waals surface area contributed by atoms with E-state index in [1.807, 2.05) is 6.07 Å². The van der Waals surface area contributed by atoms with Crippen molar-refractivity contribution in [2.45, 2.75) is 12.8 Å². The zero-order valence-electron chi connectivity index (χ0n) is 12.5. The maximum Gasteiger partial charge on any atom is 0.330 e. The predicted molar refractivity (Wildman–Crippen MR) is 88.6 cm³/mol. The van der Waals surface area contributed by atoms with Gasteiger partial charge >= 0.3 is 12.0 Å². The van der Waals surface area contributed by atoms with Gasteiger partial charge in [-0.1, -0.05) is 30.8 Å². The number of nitrogens with one attached hydrogen (secondary N) is 2. The van der Waals surface area contributed by atoms with Gasteiger partial charge in [-0.3, -0.25) is 0 Å². The van der Waals surface area contributed by atoms with Crippen molar-refractivity contribution in [2.75, 3.05) is 11.9 Å². The fraction of sp³-hybridized carbons (Fsp3) is 0.176. The molecule has 2 amide bonds. The van der Waals surface area contributed by atoms with Crippen LogP contribution < -0.4 is 10.6 Å². The van der Waals surface area contributed by atoms with Crippen molar-refractivity contribution in [1.82, 2.24) is 5.32 Å². The Labute approximate surface area is 133 Å². The summed E-state index contributed by atoms with van der Waals surface area (Å²) in [6, 6.07) is 9.97. The Balaban J connectivity index is 1.92. The molecule has 0 aliphatic rings. The lowest BCUT2D eigenvalue weighted by molar-refractivity contribution is -0.132. The highest BCUT2D eigenvalue weighted by atomic mass is 16.4. The molecule has 2 aromatic carbocycles. The average molecular weight is 314 g/mol. The Bertz CT molecular complexity index is 755. The number of rotatable bonds is 6. The number of fused-ring (bicyclic) bond motifs is 1. The maximum atomic E-state index is 11.9. The summed E-state index contributed by atoms with van der Waals surface area (Å²) in [6.45, 7) is 3.77. The molecular formula is C17H18N2O4. The van der Waals surface area contributed by atoms with Crippen LogP contribution in [-0.2, 0) is 4.79 Å². The molecule has 0 spiro atoms. The number of hydrogen-bond donors (Lipinski definition) is 4. The highest BCUT2D eigenvalue weighted by Crippen LogP contribution is 2.29. The molecule has 0 bridgehead atoms. The van der Waals surface area contributed by atoms with Crippen molar-refractivity contribution in [1.29, 1.82) is 0 Å². The minimum atomic E-state index is -1.02. The van der Waals surface area contributed by atoms with Crippen LogP contribution in [0.25, 0.3) is 10.8 Å². The lowest BCUT2D eigenvalue weighted by Gasteiger charge is -2.10. The van der Waals surface area contributed by atoms with Crippen molar-refractivity contribution >= 4 is 28.5 Å². The molecule has 0 fully saturated rings. The fourth-order valence-corrected chi connectivity index (χ4v) is 2.18. The van der Waals surface area contributed by atoms with Crippen LogP contribution in [0.1, 0.15) is 12.8 Å². The molecule has 2 aromatic rings.